The largest absolute Gasteiger partial charge is 0.493 e. The molecule has 0 fully saturated rings. The van der Waals surface area contributed by atoms with Crippen molar-refractivity contribution >= 4 is 29.3 Å². The lowest BCUT2D eigenvalue weighted by molar-refractivity contribution is -0.116. The molecule has 0 bridgehead atoms. The summed E-state index contributed by atoms with van der Waals surface area (Å²) in [5.41, 5.74) is 0.457. The van der Waals surface area contributed by atoms with E-state index in [-0.39, 0.29) is 24.4 Å². The molecule has 2 aromatic carbocycles. The van der Waals surface area contributed by atoms with Crippen LogP contribution in [-0.2, 0) is 9.53 Å². The van der Waals surface area contributed by atoms with Crippen molar-refractivity contribution in [2.75, 3.05) is 38.5 Å². The summed E-state index contributed by atoms with van der Waals surface area (Å²) in [6, 6.07) is 9.82. The molecule has 3 amide bonds. The Bertz CT molecular complexity index is 1010. The Hall–Kier alpha value is -3.95. The zero-order chi connectivity index (χ0) is 25.3. The fourth-order valence-corrected chi connectivity index (χ4v) is 2.91. The van der Waals surface area contributed by atoms with Gasteiger partial charge < -0.3 is 34.9 Å². The lowest BCUT2D eigenvalue weighted by Crippen LogP contribution is -2.34. The average molecular weight is 474 g/mol. The summed E-state index contributed by atoms with van der Waals surface area (Å²) in [6.07, 6.45) is -0.577. The standard InChI is InChI=1S/C24H31N3O7/c1-24(2,3)34-23(30)25-12-11-20(28)26-16-9-7-8-10-17(16)27-22(29)15-13-18(31-4)21(33-6)19(14-15)32-5/h7-10,13-14H,11-12H2,1-6H3,(H,25,30)(H,26,28)(H,27,29). The highest BCUT2D eigenvalue weighted by molar-refractivity contribution is 6.08. The first-order valence-corrected chi connectivity index (χ1v) is 10.5. The zero-order valence-electron chi connectivity index (χ0n) is 20.2. The first-order chi connectivity index (χ1) is 16.1. The highest BCUT2D eigenvalue weighted by Crippen LogP contribution is 2.38. The van der Waals surface area contributed by atoms with Crippen LogP contribution in [0, 0.1) is 0 Å². The van der Waals surface area contributed by atoms with Crippen LogP contribution in [0.25, 0.3) is 0 Å². The molecule has 3 N–H and O–H groups in total. The maximum Gasteiger partial charge on any atom is 0.407 e. The summed E-state index contributed by atoms with van der Waals surface area (Å²) in [5, 5.41) is 8.04. The molecule has 0 heterocycles. The van der Waals surface area contributed by atoms with Gasteiger partial charge in [0.05, 0.1) is 32.7 Å². The van der Waals surface area contributed by atoms with E-state index < -0.39 is 17.6 Å². The van der Waals surface area contributed by atoms with Gasteiger partial charge in [0.25, 0.3) is 5.91 Å². The molecular formula is C24H31N3O7. The molecule has 0 saturated heterocycles. The fraction of sp³-hybridized carbons (Fsp3) is 0.375. The number of anilines is 2. The second kappa shape index (κ2) is 11.8. The number of hydrogen-bond acceptors (Lipinski definition) is 7. The summed E-state index contributed by atoms with van der Waals surface area (Å²) in [7, 11) is 4.39. The van der Waals surface area contributed by atoms with Crippen LogP contribution in [0.3, 0.4) is 0 Å². The normalized spacial score (nSPS) is 10.6. The molecule has 0 spiro atoms. The Labute approximate surface area is 198 Å². The van der Waals surface area contributed by atoms with E-state index in [0.717, 1.165) is 0 Å². The molecule has 2 aromatic rings. The van der Waals surface area contributed by atoms with Crippen LogP contribution < -0.4 is 30.2 Å². The molecule has 0 unspecified atom stereocenters. The van der Waals surface area contributed by atoms with Crippen LogP contribution >= 0.6 is 0 Å². The summed E-state index contributed by atoms with van der Waals surface area (Å²) in [6.45, 7) is 5.36. The van der Waals surface area contributed by atoms with E-state index in [4.69, 9.17) is 18.9 Å². The molecule has 10 nitrogen and oxygen atoms in total. The van der Waals surface area contributed by atoms with Crippen molar-refractivity contribution in [2.45, 2.75) is 32.8 Å². The predicted molar refractivity (Wildman–Crippen MR) is 128 cm³/mol. The highest BCUT2D eigenvalue weighted by atomic mass is 16.6. The van der Waals surface area contributed by atoms with Gasteiger partial charge in [-0.1, -0.05) is 12.1 Å². The van der Waals surface area contributed by atoms with Crippen molar-refractivity contribution in [3.8, 4) is 17.2 Å². The molecule has 0 saturated carbocycles. The van der Waals surface area contributed by atoms with Crippen LogP contribution in [0.1, 0.15) is 37.6 Å². The van der Waals surface area contributed by atoms with Crippen LogP contribution in [-0.4, -0.2) is 51.4 Å². The molecule has 0 radical (unpaired) electrons. The Morgan fingerprint density at radius 2 is 1.41 bits per heavy atom. The first kappa shape index (κ1) is 26.3. The monoisotopic (exact) mass is 473 g/mol. The van der Waals surface area contributed by atoms with Crippen LogP contribution in [0.4, 0.5) is 16.2 Å². The summed E-state index contributed by atoms with van der Waals surface area (Å²) in [4.78, 5) is 37.0. The van der Waals surface area contributed by atoms with E-state index in [2.05, 4.69) is 16.0 Å². The number of nitrogens with one attached hydrogen (secondary N) is 3. The van der Waals surface area contributed by atoms with Gasteiger partial charge in [0.2, 0.25) is 11.7 Å². The maximum absolute atomic E-state index is 12.9. The Morgan fingerprint density at radius 1 is 0.853 bits per heavy atom. The molecule has 34 heavy (non-hydrogen) atoms. The topological polar surface area (TPSA) is 124 Å². The molecule has 184 valence electrons. The average Bonchev–Trinajstić information content (AvgIpc) is 2.77. The van der Waals surface area contributed by atoms with Gasteiger partial charge in [-0.25, -0.2) is 4.79 Å². The number of para-hydroxylation sites is 2. The Balaban J connectivity index is 2.06. The van der Waals surface area contributed by atoms with Gasteiger partial charge in [-0.05, 0) is 45.0 Å². The lowest BCUT2D eigenvalue weighted by atomic mass is 10.1. The second-order valence-electron chi connectivity index (χ2n) is 8.14. The number of ether oxygens (including phenoxy) is 4. The molecule has 0 aliphatic rings. The van der Waals surface area contributed by atoms with E-state index in [9.17, 15) is 14.4 Å². The summed E-state index contributed by atoms with van der Waals surface area (Å²) >= 11 is 0. The number of alkyl carbamates (subject to hydrolysis) is 1. The van der Waals surface area contributed by atoms with Crippen molar-refractivity contribution in [1.82, 2.24) is 5.32 Å². The quantitative estimate of drug-likeness (QED) is 0.506. The Kier molecular flexibility index (Phi) is 9.11. The minimum atomic E-state index is -0.624. The number of carbonyl (C=O) groups excluding carboxylic acids is 3. The Morgan fingerprint density at radius 3 is 1.91 bits per heavy atom. The van der Waals surface area contributed by atoms with Crippen LogP contribution in [0.5, 0.6) is 17.2 Å². The van der Waals surface area contributed by atoms with Crippen molar-refractivity contribution < 1.29 is 33.3 Å². The second-order valence-corrected chi connectivity index (χ2v) is 8.14. The van der Waals surface area contributed by atoms with E-state index in [1.807, 2.05) is 0 Å². The number of carbonyl (C=O) groups is 3. The van der Waals surface area contributed by atoms with Gasteiger partial charge in [-0.15, -0.1) is 0 Å². The lowest BCUT2D eigenvalue weighted by Gasteiger charge is -2.19. The smallest absolute Gasteiger partial charge is 0.407 e. The van der Waals surface area contributed by atoms with Crippen molar-refractivity contribution in [3.05, 3.63) is 42.0 Å². The molecule has 0 aromatic heterocycles. The van der Waals surface area contributed by atoms with Crippen LogP contribution in [0.2, 0.25) is 0 Å². The molecule has 10 heteroatoms. The number of methoxy groups -OCH3 is 3. The third kappa shape index (κ3) is 7.58. The van der Waals surface area contributed by atoms with Crippen molar-refractivity contribution in [3.63, 3.8) is 0 Å². The zero-order valence-corrected chi connectivity index (χ0v) is 20.2. The summed E-state index contributed by atoms with van der Waals surface area (Å²) in [5.74, 6) is 0.268. The SMILES string of the molecule is COc1cc(C(=O)Nc2ccccc2NC(=O)CCNC(=O)OC(C)(C)C)cc(OC)c1OC. The van der Waals surface area contributed by atoms with Gasteiger partial charge >= 0.3 is 6.09 Å². The number of hydrogen-bond donors (Lipinski definition) is 3. The number of rotatable bonds is 9. The van der Waals surface area contributed by atoms with E-state index in [1.165, 1.54) is 33.5 Å². The molecule has 0 aliphatic heterocycles. The van der Waals surface area contributed by atoms with Crippen molar-refractivity contribution in [2.24, 2.45) is 0 Å². The van der Waals surface area contributed by atoms with Crippen LogP contribution in [0.15, 0.2) is 36.4 Å². The molecule has 0 aliphatic carbocycles. The van der Waals surface area contributed by atoms with Gasteiger partial charge in [-0.3, -0.25) is 9.59 Å². The van der Waals surface area contributed by atoms with E-state index >= 15 is 0 Å². The third-order valence-electron chi connectivity index (χ3n) is 4.40. The number of amides is 3. The maximum atomic E-state index is 12.9. The fourth-order valence-electron chi connectivity index (χ4n) is 2.91. The van der Waals surface area contributed by atoms with Gasteiger partial charge in [0, 0.05) is 18.5 Å². The minimum absolute atomic E-state index is 0.0222. The van der Waals surface area contributed by atoms with E-state index in [0.29, 0.717) is 28.6 Å². The van der Waals surface area contributed by atoms with Gasteiger partial charge in [0.1, 0.15) is 5.60 Å². The highest BCUT2D eigenvalue weighted by Gasteiger charge is 2.19. The first-order valence-electron chi connectivity index (χ1n) is 10.5. The predicted octanol–water partition coefficient (Wildman–Crippen LogP) is 3.82. The number of benzene rings is 2. The molecular weight excluding hydrogens is 442 g/mol. The minimum Gasteiger partial charge on any atom is -0.493 e. The molecule has 2 rings (SSSR count). The van der Waals surface area contributed by atoms with E-state index in [1.54, 1.807) is 45.0 Å². The summed E-state index contributed by atoms with van der Waals surface area (Å²) < 4.78 is 21.0. The van der Waals surface area contributed by atoms with Gasteiger partial charge in [0.15, 0.2) is 11.5 Å². The van der Waals surface area contributed by atoms with Crippen molar-refractivity contribution in [1.29, 1.82) is 0 Å². The third-order valence-corrected chi connectivity index (χ3v) is 4.40. The molecule has 0 atom stereocenters. The van der Waals surface area contributed by atoms with Gasteiger partial charge in [-0.2, -0.15) is 0 Å².